The highest BCUT2D eigenvalue weighted by Crippen LogP contribution is 2.27. The summed E-state index contributed by atoms with van der Waals surface area (Å²) in [4.78, 5) is 31.1. The second kappa shape index (κ2) is 8.09. The monoisotopic (exact) mass is 355 g/mol. The van der Waals surface area contributed by atoms with E-state index in [0.717, 1.165) is 13.1 Å². The van der Waals surface area contributed by atoms with E-state index in [1.165, 1.54) is 35.4 Å². The lowest BCUT2D eigenvalue weighted by Crippen LogP contribution is -2.34. The van der Waals surface area contributed by atoms with Gasteiger partial charge in [-0.2, -0.15) is 0 Å². The van der Waals surface area contributed by atoms with Crippen LogP contribution in [0.1, 0.15) is 37.8 Å². The SMILES string of the molecule is CN1Cc2ccccc2C(CONC(=O)c2ccc(C(=O)NO)cc2)C1. The third-order valence-electron chi connectivity index (χ3n) is 4.43. The summed E-state index contributed by atoms with van der Waals surface area (Å²) in [6, 6.07) is 14.1. The highest BCUT2D eigenvalue weighted by atomic mass is 16.7. The number of hydroxylamine groups is 2. The smallest absolute Gasteiger partial charge is 0.274 e. The van der Waals surface area contributed by atoms with Gasteiger partial charge in [0.05, 0.1) is 6.61 Å². The van der Waals surface area contributed by atoms with Crippen LogP contribution in [0, 0.1) is 0 Å². The van der Waals surface area contributed by atoms with E-state index in [9.17, 15) is 9.59 Å². The fourth-order valence-electron chi connectivity index (χ4n) is 3.15. The molecule has 1 atom stereocenters. The van der Waals surface area contributed by atoms with Crippen molar-refractivity contribution in [3.63, 3.8) is 0 Å². The molecule has 2 amide bonds. The minimum Gasteiger partial charge on any atom is -0.301 e. The Morgan fingerprint density at radius 2 is 1.77 bits per heavy atom. The molecule has 1 heterocycles. The van der Waals surface area contributed by atoms with Crippen molar-refractivity contribution in [1.82, 2.24) is 15.9 Å². The van der Waals surface area contributed by atoms with Crippen molar-refractivity contribution in [3.05, 3.63) is 70.8 Å². The van der Waals surface area contributed by atoms with Crippen LogP contribution in [0.5, 0.6) is 0 Å². The number of likely N-dealkylation sites (N-methyl/N-ethyl adjacent to an activating group) is 1. The van der Waals surface area contributed by atoms with E-state index in [1.54, 1.807) is 5.48 Å². The molecule has 0 saturated carbocycles. The summed E-state index contributed by atoms with van der Waals surface area (Å²) >= 11 is 0. The van der Waals surface area contributed by atoms with E-state index < -0.39 is 11.8 Å². The lowest BCUT2D eigenvalue weighted by Gasteiger charge is -2.31. The Balaban J connectivity index is 1.56. The maximum Gasteiger partial charge on any atom is 0.274 e. The van der Waals surface area contributed by atoms with Crippen molar-refractivity contribution < 1.29 is 19.6 Å². The Bertz CT molecular complexity index is 792. The number of amides is 2. The van der Waals surface area contributed by atoms with Crippen LogP contribution in [0.4, 0.5) is 0 Å². The number of benzene rings is 2. The third-order valence-corrected chi connectivity index (χ3v) is 4.43. The van der Waals surface area contributed by atoms with Crippen molar-refractivity contribution in [2.24, 2.45) is 0 Å². The van der Waals surface area contributed by atoms with Crippen LogP contribution >= 0.6 is 0 Å². The van der Waals surface area contributed by atoms with E-state index in [-0.39, 0.29) is 11.5 Å². The highest BCUT2D eigenvalue weighted by molar-refractivity contribution is 5.97. The zero-order valence-corrected chi connectivity index (χ0v) is 14.4. The van der Waals surface area contributed by atoms with Crippen molar-refractivity contribution in [1.29, 1.82) is 0 Å². The molecular weight excluding hydrogens is 334 g/mol. The third kappa shape index (κ3) is 4.08. The molecule has 0 saturated heterocycles. The molecule has 2 aromatic rings. The van der Waals surface area contributed by atoms with E-state index >= 15 is 0 Å². The largest absolute Gasteiger partial charge is 0.301 e. The molecule has 1 aliphatic rings. The fraction of sp³-hybridized carbons (Fsp3) is 0.263. The molecule has 7 nitrogen and oxygen atoms in total. The highest BCUT2D eigenvalue weighted by Gasteiger charge is 2.23. The first-order valence-electron chi connectivity index (χ1n) is 8.31. The second-order valence-corrected chi connectivity index (χ2v) is 6.35. The molecule has 0 bridgehead atoms. The fourth-order valence-corrected chi connectivity index (χ4v) is 3.15. The number of hydrogen-bond acceptors (Lipinski definition) is 5. The van der Waals surface area contributed by atoms with Crippen LogP contribution in [-0.4, -0.2) is 42.1 Å². The Labute approximate surface area is 151 Å². The minimum atomic E-state index is -0.631. The first-order chi connectivity index (χ1) is 12.6. The van der Waals surface area contributed by atoms with Gasteiger partial charge in [-0.1, -0.05) is 24.3 Å². The van der Waals surface area contributed by atoms with Gasteiger partial charge in [0.25, 0.3) is 11.8 Å². The summed E-state index contributed by atoms with van der Waals surface area (Å²) in [5.41, 5.74) is 7.14. The van der Waals surface area contributed by atoms with Crippen LogP contribution in [0.15, 0.2) is 48.5 Å². The summed E-state index contributed by atoms with van der Waals surface area (Å²) in [7, 11) is 2.06. The minimum absolute atomic E-state index is 0.181. The summed E-state index contributed by atoms with van der Waals surface area (Å²) in [5.74, 6) is -0.840. The number of nitrogens with one attached hydrogen (secondary N) is 2. The lowest BCUT2D eigenvalue weighted by atomic mass is 9.91. The Morgan fingerprint density at radius 3 is 2.46 bits per heavy atom. The molecule has 0 aliphatic carbocycles. The van der Waals surface area contributed by atoms with Gasteiger partial charge in [0.1, 0.15) is 0 Å². The van der Waals surface area contributed by atoms with Gasteiger partial charge in [-0.3, -0.25) is 19.6 Å². The van der Waals surface area contributed by atoms with Crippen LogP contribution < -0.4 is 11.0 Å². The molecule has 1 aliphatic heterocycles. The average Bonchev–Trinajstić information content (AvgIpc) is 2.67. The summed E-state index contributed by atoms with van der Waals surface area (Å²) in [6.07, 6.45) is 0. The number of fused-ring (bicyclic) bond motifs is 1. The normalized spacial score (nSPS) is 16.6. The van der Waals surface area contributed by atoms with E-state index in [4.69, 9.17) is 10.0 Å². The van der Waals surface area contributed by atoms with Crippen molar-refractivity contribution >= 4 is 11.8 Å². The number of hydrogen-bond donors (Lipinski definition) is 3. The second-order valence-electron chi connectivity index (χ2n) is 6.35. The molecule has 2 aromatic carbocycles. The van der Waals surface area contributed by atoms with E-state index in [0.29, 0.717) is 12.2 Å². The van der Waals surface area contributed by atoms with Gasteiger partial charge in [0, 0.05) is 30.1 Å². The molecule has 7 heteroatoms. The number of carbonyl (C=O) groups excluding carboxylic acids is 2. The lowest BCUT2D eigenvalue weighted by molar-refractivity contribution is 0.0207. The van der Waals surface area contributed by atoms with Gasteiger partial charge < -0.3 is 4.90 Å². The molecule has 0 spiro atoms. The Morgan fingerprint density at radius 1 is 1.12 bits per heavy atom. The molecule has 0 aromatic heterocycles. The van der Waals surface area contributed by atoms with Crippen LogP contribution in [0.25, 0.3) is 0 Å². The molecule has 0 radical (unpaired) electrons. The molecule has 0 fully saturated rings. The van der Waals surface area contributed by atoms with Gasteiger partial charge in [-0.25, -0.2) is 11.0 Å². The zero-order valence-electron chi connectivity index (χ0n) is 14.4. The van der Waals surface area contributed by atoms with Crippen molar-refractivity contribution in [3.8, 4) is 0 Å². The molecular formula is C19H21N3O4. The van der Waals surface area contributed by atoms with Crippen molar-refractivity contribution in [2.75, 3.05) is 20.2 Å². The number of rotatable bonds is 5. The molecule has 136 valence electrons. The van der Waals surface area contributed by atoms with E-state index in [2.05, 4.69) is 29.6 Å². The van der Waals surface area contributed by atoms with Crippen LogP contribution in [-0.2, 0) is 11.4 Å². The standard InChI is InChI=1S/C19H21N3O4/c1-22-10-15-4-2-3-5-17(15)16(11-22)12-26-21-19(24)14-8-6-13(7-9-14)18(23)20-25/h2-9,16,25H,10-12H2,1H3,(H,20,23)(H,21,24). The van der Waals surface area contributed by atoms with Crippen molar-refractivity contribution in [2.45, 2.75) is 12.5 Å². The number of carbonyl (C=O) groups is 2. The first kappa shape index (κ1) is 18.1. The Kier molecular flexibility index (Phi) is 5.62. The van der Waals surface area contributed by atoms with Gasteiger partial charge >= 0.3 is 0 Å². The van der Waals surface area contributed by atoms with Gasteiger partial charge in [-0.15, -0.1) is 0 Å². The molecule has 3 N–H and O–H groups in total. The van der Waals surface area contributed by atoms with Gasteiger partial charge in [0.15, 0.2) is 0 Å². The predicted molar refractivity (Wildman–Crippen MR) is 94.6 cm³/mol. The van der Waals surface area contributed by atoms with Crippen LogP contribution in [0.2, 0.25) is 0 Å². The topological polar surface area (TPSA) is 90.9 Å². The maximum atomic E-state index is 12.2. The number of nitrogens with zero attached hydrogens (tertiary/aromatic N) is 1. The zero-order chi connectivity index (χ0) is 18.5. The van der Waals surface area contributed by atoms with Gasteiger partial charge in [0.2, 0.25) is 0 Å². The Hall–Kier alpha value is -2.74. The summed E-state index contributed by atoms with van der Waals surface area (Å²) in [5, 5.41) is 8.59. The van der Waals surface area contributed by atoms with Gasteiger partial charge in [-0.05, 0) is 42.4 Å². The molecule has 1 unspecified atom stereocenters. The first-order valence-corrected chi connectivity index (χ1v) is 8.31. The molecule has 26 heavy (non-hydrogen) atoms. The predicted octanol–water partition coefficient (Wildman–Crippen LogP) is 1.70. The average molecular weight is 355 g/mol. The molecule has 3 rings (SSSR count). The summed E-state index contributed by atoms with van der Waals surface area (Å²) < 4.78 is 0. The van der Waals surface area contributed by atoms with Crippen LogP contribution in [0.3, 0.4) is 0 Å². The maximum absolute atomic E-state index is 12.2. The quantitative estimate of drug-likeness (QED) is 0.561. The summed E-state index contributed by atoms with van der Waals surface area (Å²) in [6.45, 7) is 2.14. The van der Waals surface area contributed by atoms with E-state index in [1.807, 2.05) is 12.1 Å².